The van der Waals surface area contributed by atoms with Crippen LogP contribution >= 0.6 is 0 Å². The molecular formula is C18H30. The van der Waals surface area contributed by atoms with Crippen molar-refractivity contribution in [2.45, 2.75) is 58.8 Å². The Kier molecular flexibility index (Phi) is 10.4. The van der Waals surface area contributed by atoms with Crippen LogP contribution in [0.25, 0.3) is 0 Å². The summed E-state index contributed by atoms with van der Waals surface area (Å²) in [6.07, 6.45) is 15.3. The molecule has 0 aliphatic heterocycles. The molecule has 0 bridgehead atoms. The highest BCUT2D eigenvalue weighted by molar-refractivity contribution is 5.11. The van der Waals surface area contributed by atoms with E-state index >= 15 is 0 Å². The summed E-state index contributed by atoms with van der Waals surface area (Å²) >= 11 is 0. The van der Waals surface area contributed by atoms with Crippen LogP contribution in [0.3, 0.4) is 0 Å². The average Bonchev–Trinajstić information content (AvgIpc) is 2.30. The van der Waals surface area contributed by atoms with Gasteiger partial charge in [0.1, 0.15) is 0 Å². The van der Waals surface area contributed by atoms with Gasteiger partial charge in [0, 0.05) is 5.92 Å². The molecular weight excluding hydrogens is 216 g/mol. The van der Waals surface area contributed by atoms with E-state index in [2.05, 4.69) is 45.7 Å². The Morgan fingerprint density at radius 3 is 2.11 bits per heavy atom. The second-order valence-corrected chi connectivity index (χ2v) is 5.32. The molecule has 1 atom stereocenters. The smallest absolute Gasteiger partial charge is 0.000824 e. The number of hydrogen-bond acceptors (Lipinski definition) is 0. The van der Waals surface area contributed by atoms with Gasteiger partial charge < -0.3 is 0 Å². The molecule has 18 heavy (non-hydrogen) atoms. The monoisotopic (exact) mass is 246 g/mol. The third-order valence-corrected chi connectivity index (χ3v) is 3.10. The summed E-state index contributed by atoms with van der Waals surface area (Å²) in [4.78, 5) is 0. The van der Waals surface area contributed by atoms with Crippen LogP contribution in [0, 0.1) is 5.92 Å². The molecule has 0 aliphatic carbocycles. The molecule has 0 heterocycles. The lowest BCUT2D eigenvalue weighted by atomic mass is 9.94. The molecule has 0 spiro atoms. The largest absolute Gasteiger partial charge is 0.103 e. The predicted octanol–water partition coefficient (Wildman–Crippen LogP) is 6.23. The van der Waals surface area contributed by atoms with Crippen molar-refractivity contribution in [3.05, 3.63) is 49.1 Å². The van der Waals surface area contributed by atoms with Crippen LogP contribution in [0.5, 0.6) is 0 Å². The minimum atomic E-state index is 0.475. The van der Waals surface area contributed by atoms with Gasteiger partial charge in [0.15, 0.2) is 0 Å². The summed E-state index contributed by atoms with van der Waals surface area (Å²) in [7, 11) is 0. The Hall–Kier alpha value is -1.04. The van der Waals surface area contributed by atoms with E-state index in [9.17, 15) is 0 Å². The topological polar surface area (TPSA) is 0 Å². The quantitative estimate of drug-likeness (QED) is 0.299. The summed E-state index contributed by atoms with van der Waals surface area (Å²) in [6.45, 7) is 16.0. The summed E-state index contributed by atoms with van der Waals surface area (Å²) in [6, 6.07) is 0. The molecule has 0 saturated carbocycles. The molecule has 0 aromatic rings. The van der Waals surface area contributed by atoms with E-state index in [1.807, 2.05) is 6.08 Å². The van der Waals surface area contributed by atoms with Gasteiger partial charge in [0.25, 0.3) is 0 Å². The second kappa shape index (κ2) is 11.1. The van der Waals surface area contributed by atoms with Gasteiger partial charge in [0.05, 0.1) is 0 Å². The highest BCUT2D eigenvalue weighted by Crippen LogP contribution is 2.19. The lowest BCUT2D eigenvalue weighted by molar-refractivity contribution is 0.650. The van der Waals surface area contributed by atoms with Gasteiger partial charge in [-0.15, -0.1) is 13.2 Å². The van der Waals surface area contributed by atoms with Crippen molar-refractivity contribution < 1.29 is 0 Å². The van der Waals surface area contributed by atoms with Crippen LogP contribution in [0.2, 0.25) is 0 Å². The molecule has 0 aliphatic rings. The van der Waals surface area contributed by atoms with Crippen LogP contribution in [-0.2, 0) is 0 Å². The van der Waals surface area contributed by atoms with Gasteiger partial charge in [-0.1, -0.05) is 48.8 Å². The van der Waals surface area contributed by atoms with Crippen LogP contribution in [0.15, 0.2) is 49.1 Å². The van der Waals surface area contributed by atoms with E-state index in [-0.39, 0.29) is 0 Å². The minimum absolute atomic E-state index is 0.475. The molecule has 0 saturated heterocycles. The molecule has 0 N–H and O–H groups in total. The number of allylic oxidation sites excluding steroid dienone is 5. The SMILES string of the molecule is C=CCCCCCC/C=C/C(CC(=C)C)C(=C)C. The Morgan fingerprint density at radius 2 is 1.61 bits per heavy atom. The zero-order valence-corrected chi connectivity index (χ0v) is 12.4. The second-order valence-electron chi connectivity index (χ2n) is 5.32. The van der Waals surface area contributed by atoms with Gasteiger partial charge in [-0.05, 0) is 46.0 Å². The molecule has 0 amide bonds. The van der Waals surface area contributed by atoms with Crippen LogP contribution in [-0.4, -0.2) is 0 Å². The highest BCUT2D eigenvalue weighted by Gasteiger charge is 2.04. The Morgan fingerprint density at radius 1 is 1.00 bits per heavy atom. The lowest BCUT2D eigenvalue weighted by Crippen LogP contribution is -1.97. The first kappa shape index (κ1) is 17.0. The molecule has 0 radical (unpaired) electrons. The zero-order valence-electron chi connectivity index (χ0n) is 12.4. The first-order valence-corrected chi connectivity index (χ1v) is 7.15. The Bertz CT molecular complexity index is 280. The van der Waals surface area contributed by atoms with Crippen molar-refractivity contribution in [2.24, 2.45) is 5.92 Å². The van der Waals surface area contributed by atoms with E-state index in [1.165, 1.54) is 43.3 Å². The first-order valence-electron chi connectivity index (χ1n) is 7.15. The summed E-state index contributed by atoms with van der Waals surface area (Å²) in [5.74, 6) is 0.475. The van der Waals surface area contributed by atoms with Crippen LogP contribution in [0.4, 0.5) is 0 Å². The van der Waals surface area contributed by atoms with Crippen molar-refractivity contribution >= 4 is 0 Å². The summed E-state index contributed by atoms with van der Waals surface area (Å²) < 4.78 is 0. The standard InChI is InChI=1S/C18H30/c1-6-7-8-9-10-11-12-13-14-18(17(4)5)15-16(2)3/h6,13-14,18H,1-2,4,7-12,15H2,3,5H3/b14-13+. The first-order chi connectivity index (χ1) is 8.57. The molecule has 0 nitrogen and oxygen atoms in total. The molecule has 0 aromatic carbocycles. The molecule has 0 aromatic heterocycles. The molecule has 0 heteroatoms. The highest BCUT2D eigenvalue weighted by atomic mass is 14.1. The maximum atomic E-state index is 4.06. The Labute approximate surface area is 114 Å². The van der Waals surface area contributed by atoms with Crippen molar-refractivity contribution in [1.82, 2.24) is 0 Å². The predicted molar refractivity (Wildman–Crippen MR) is 84.8 cm³/mol. The van der Waals surface area contributed by atoms with Crippen molar-refractivity contribution in [1.29, 1.82) is 0 Å². The normalized spacial score (nSPS) is 12.6. The number of unbranched alkanes of at least 4 members (excludes halogenated alkanes) is 5. The molecule has 102 valence electrons. The summed E-state index contributed by atoms with van der Waals surface area (Å²) in [5.41, 5.74) is 2.47. The summed E-state index contributed by atoms with van der Waals surface area (Å²) in [5, 5.41) is 0. The van der Waals surface area contributed by atoms with Crippen molar-refractivity contribution in [3.8, 4) is 0 Å². The number of rotatable bonds is 11. The van der Waals surface area contributed by atoms with Gasteiger partial charge in [-0.3, -0.25) is 0 Å². The van der Waals surface area contributed by atoms with E-state index in [0.29, 0.717) is 5.92 Å². The van der Waals surface area contributed by atoms with E-state index in [0.717, 1.165) is 12.8 Å². The van der Waals surface area contributed by atoms with E-state index in [4.69, 9.17) is 0 Å². The maximum absolute atomic E-state index is 4.06. The fourth-order valence-electron chi connectivity index (χ4n) is 1.95. The fourth-order valence-corrected chi connectivity index (χ4v) is 1.95. The number of hydrogen-bond donors (Lipinski definition) is 0. The van der Waals surface area contributed by atoms with Crippen molar-refractivity contribution in [2.75, 3.05) is 0 Å². The van der Waals surface area contributed by atoms with Gasteiger partial charge in [-0.25, -0.2) is 0 Å². The van der Waals surface area contributed by atoms with Crippen LogP contribution in [0.1, 0.15) is 58.8 Å². The van der Waals surface area contributed by atoms with E-state index < -0.39 is 0 Å². The van der Waals surface area contributed by atoms with Gasteiger partial charge in [-0.2, -0.15) is 0 Å². The van der Waals surface area contributed by atoms with Crippen LogP contribution < -0.4 is 0 Å². The third-order valence-electron chi connectivity index (χ3n) is 3.10. The van der Waals surface area contributed by atoms with Gasteiger partial charge in [0.2, 0.25) is 0 Å². The molecule has 0 fully saturated rings. The van der Waals surface area contributed by atoms with E-state index in [1.54, 1.807) is 0 Å². The lowest BCUT2D eigenvalue weighted by Gasteiger charge is -2.12. The Balaban J connectivity index is 3.73. The van der Waals surface area contributed by atoms with Crippen molar-refractivity contribution in [3.63, 3.8) is 0 Å². The minimum Gasteiger partial charge on any atom is -0.103 e. The fraction of sp³-hybridized carbons (Fsp3) is 0.556. The third kappa shape index (κ3) is 10.1. The maximum Gasteiger partial charge on any atom is 0.000824 e. The van der Waals surface area contributed by atoms with Gasteiger partial charge >= 0.3 is 0 Å². The molecule has 0 rings (SSSR count). The zero-order chi connectivity index (χ0) is 13.8. The average molecular weight is 246 g/mol. The molecule has 1 unspecified atom stereocenters.